The molecule has 2 amide bonds. The lowest BCUT2D eigenvalue weighted by Gasteiger charge is -2.26. The lowest BCUT2D eigenvalue weighted by Crippen LogP contribution is -2.55. The van der Waals surface area contributed by atoms with Gasteiger partial charge in [0.25, 0.3) is 0 Å². The van der Waals surface area contributed by atoms with Crippen LogP contribution in [0.1, 0.15) is 54.4 Å². The van der Waals surface area contributed by atoms with Gasteiger partial charge in [-0.15, -0.1) is 0 Å². The molecule has 0 heterocycles. The summed E-state index contributed by atoms with van der Waals surface area (Å²) in [5, 5.41) is 15.1. The summed E-state index contributed by atoms with van der Waals surface area (Å²) in [6, 6.07) is -1.08. The van der Waals surface area contributed by atoms with Crippen LogP contribution in [0.25, 0.3) is 0 Å². The van der Waals surface area contributed by atoms with Gasteiger partial charge in [0.2, 0.25) is 5.91 Å². The molecule has 0 aromatic carbocycles. The first-order valence-corrected chi connectivity index (χ1v) is 7.04. The van der Waals surface area contributed by atoms with Gasteiger partial charge in [-0.3, -0.25) is 4.79 Å². The minimum Gasteiger partial charge on any atom is -0.444 e. The zero-order chi connectivity index (χ0) is 15.9. The first-order chi connectivity index (χ1) is 9.06. The highest BCUT2D eigenvalue weighted by Crippen LogP contribution is 2.09. The number of alkyl carbamates (subject to hydrolysis) is 1. The molecule has 0 saturated heterocycles. The molecule has 0 fully saturated rings. The smallest absolute Gasteiger partial charge is 0.408 e. The van der Waals surface area contributed by atoms with Gasteiger partial charge in [0, 0.05) is 6.04 Å². The van der Waals surface area contributed by atoms with Crippen molar-refractivity contribution in [3.63, 3.8) is 0 Å². The molecule has 2 atom stereocenters. The third-order valence-electron chi connectivity index (χ3n) is 2.35. The average molecular weight is 288 g/mol. The minimum atomic E-state index is -1.01. The number of nitrogens with one attached hydrogen (secondary N) is 2. The van der Waals surface area contributed by atoms with Crippen molar-refractivity contribution in [1.82, 2.24) is 10.6 Å². The summed E-state index contributed by atoms with van der Waals surface area (Å²) in [5.41, 5.74) is -0.654. The monoisotopic (exact) mass is 288 g/mol. The standard InChI is InChI=1S/C14H28N2O4/c1-7-8-10(17)11(12(18)15-9(2)3)16-13(19)20-14(4,5)6/h9-11,17H,7-8H2,1-6H3,(H,15,18)(H,16,19)/t10-,11-/m0/s1. The van der Waals surface area contributed by atoms with Gasteiger partial charge >= 0.3 is 6.09 Å². The maximum absolute atomic E-state index is 12.0. The third-order valence-corrected chi connectivity index (χ3v) is 2.35. The van der Waals surface area contributed by atoms with E-state index < -0.39 is 29.7 Å². The first kappa shape index (κ1) is 18.7. The summed E-state index contributed by atoms with van der Waals surface area (Å²) >= 11 is 0. The van der Waals surface area contributed by atoms with Crippen molar-refractivity contribution in [3.05, 3.63) is 0 Å². The number of carbonyl (C=O) groups is 2. The van der Waals surface area contributed by atoms with Crippen LogP contribution in [-0.2, 0) is 9.53 Å². The van der Waals surface area contributed by atoms with Crippen molar-refractivity contribution < 1.29 is 19.4 Å². The Kier molecular flexibility index (Phi) is 7.57. The molecule has 3 N–H and O–H groups in total. The number of carbonyl (C=O) groups excluding carboxylic acids is 2. The van der Waals surface area contributed by atoms with Crippen LogP contribution < -0.4 is 10.6 Å². The molecule has 118 valence electrons. The molecule has 0 radical (unpaired) electrons. The van der Waals surface area contributed by atoms with E-state index in [-0.39, 0.29) is 6.04 Å². The number of rotatable bonds is 6. The Morgan fingerprint density at radius 3 is 2.15 bits per heavy atom. The molecular weight excluding hydrogens is 260 g/mol. The number of aliphatic hydroxyl groups is 1. The number of hydrogen-bond donors (Lipinski definition) is 3. The predicted octanol–water partition coefficient (Wildman–Crippen LogP) is 1.57. The van der Waals surface area contributed by atoms with E-state index in [2.05, 4.69) is 10.6 Å². The molecule has 0 bridgehead atoms. The van der Waals surface area contributed by atoms with Gasteiger partial charge in [0.15, 0.2) is 0 Å². The summed E-state index contributed by atoms with van der Waals surface area (Å²) in [5.74, 6) is -0.410. The second-order valence-electron chi connectivity index (χ2n) is 6.14. The Hall–Kier alpha value is -1.30. The number of ether oxygens (including phenoxy) is 1. The molecule has 0 unspecified atom stereocenters. The van der Waals surface area contributed by atoms with Crippen molar-refractivity contribution in [2.75, 3.05) is 0 Å². The largest absolute Gasteiger partial charge is 0.444 e. The van der Waals surface area contributed by atoms with Gasteiger partial charge in [-0.2, -0.15) is 0 Å². The Bertz CT molecular complexity index is 324. The lowest BCUT2D eigenvalue weighted by molar-refractivity contribution is -0.126. The van der Waals surface area contributed by atoms with E-state index in [1.54, 1.807) is 20.8 Å². The summed E-state index contributed by atoms with van der Waals surface area (Å²) in [4.78, 5) is 23.8. The van der Waals surface area contributed by atoms with Gasteiger partial charge in [-0.1, -0.05) is 13.3 Å². The van der Waals surface area contributed by atoms with Gasteiger partial charge in [0.05, 0.1) is 6.10 Å². The fourth-order valence-corrected chi connectivity index (χ4v) is 1.61. The van der Waals surface area contributed by atoms with Crippen LogP contribution in [0.2, 0.25) is 0 Å². The summed E-state index contributed by atoms with van der Waals surface area (Å²) in [6.07, 6.45) is -0.517. The fraction of sp³-hybridized carbons (Fsp3) is 0.857. The molecule has 0 aliphatic carbocycles. The first-order valence-electron chi connectivity index (χ1n) is 7.04. The highest BCUT2D eigenvalue weighted by Gasteiger charge is 2.30. The average Bonchev–Trinajstić information content (AvgIpc) is 2.22. The van der Waals surface area contributed by atoms with E-state index in [0.29, 0.717) is 12.8 Å². The van der Waals surface area contributed by atoms with E-state index in [1.807, 2.05) is 20.8 Å². The Balaban J connectivity index is 4.77. The SMILES string of the molecule is CCC[C@H](O)[C@H](NC(=O)OC(C)(C)C)C(=O)NC(C)C. The molecule has 0 aliphatic rings. The van der Waals surface area contributed by atoms with Crippen LogP contribution in [0.15, 0.2) is 0 Å². The molecule has 6 nitrogen and oxygen atoms in total. The van der Waals surface area contributed by atoms with Crippen LogP contribution >= 0.6 is 0 Å². The molecule has 0 spiro atoms. The summed E-state index contributed by atoms with van der Waals surface area (Å²) < 4.78 is 5.11. The van der Waals surface area contributed by atoms with Crippen LogP contribution in [0.4, 0.5) is 4.79 Å². The molecule has 20 heavy (non-hydrogen) atoms. The van der Waals surface area contributed by atoms with Crippen LogP contribution in [0, 0.1) is 0 Å². The molecular formula is C14H28N2O4. The Labute approximate surface area is 121 Å². The molecule has 0 aromatic rings. The van der Waals surface area contributed by atoms with Gasteiger partial charge in [-0.25, -0.2) is 4.79 Å². The highest BCUT2D eigenvalue weighted by atomic mass is 16.6. The normalized spacial score (nSPS) is 14.6. The van der Waals surface area contributed by atoms with Gasteiger partial charge in [-0.05, 0) is 41.0 Å². The number of aliphatic hydroxyl groups excluding tert-OH is 1. The van der Waals surface area contributed by atoms with E-state index in [4.69, 9.17) is 4.74 Å². The predicted molar refractivity (Wildman–Crippen MR) is 77.4 cm³/mol. The molecule has 0 saturated carbocycles. The van der Waals surface area contributed by atoms with Crippen molar-refractivity contribution in [1.29, 1.82) is 0 Å². The fourth-order valence-electron chi connectivity index (χ4n) is 1.61. The topological polar surface area (TPSA) is 87.7 Å². The van der Waals surface area contributed by atoms with Crippen LogP contribution in [0.3, 0.4) is 0 Å². The van der Waals surface area contributed by atoms with Gasteiger partial charge in [0.1, 0.15) is 11.6 Å². The van der Waals surface area contributed by atoms with E-state index in [1.165, 1.54) is 0 Å². The minimum absolute atomic E-state index is 0.0701. The zero-order valence-corrected chi connectivity index (χ0v) is 13.3. The Morgan fingerprint density at radius 2 is 1.75 bits per heavy atom. The number of hydrogen-bond acceptors (Lipinski definition) is 4. The maximum Gasteiger partial charge on any atom is 0.408 e. The lowest BCUT2D eigenvalue weighted by atomic mass is 10.1. The second kappa shape index (κ2) is 8.09. The third kappa shape index (κ3) is 7.99. The molecule has 0 aliphatic heterocycles. The van der Waals surface area contributed by atoms with Crippen molar-refractivity contribution in [2.24, 2.45) is 0 Å². The summed E-state index contributed by atoms with van der Waals surface area (Å²) in [7, 11) is 0. The quantitative estimate of drug-likeness (QED) is 0.692. The van der Waals surface area contributed by atoms with Crippen molar-refractivity contribution >= 4 is 12.0 Å². The second-order valence-corrected chi connectivity index (χ2v) is 6.14. The van der Waals surface area contributed by atoms with E-state index >= 15 is 0 Å². The van der Waals surface area contributed by atoms with E-state index in [9.17, 15) is 14.7 Å². The maximum atomic E-state index is 12.0. The van der Waals surface area contributed by atoms with E-state index in [0.717, 1.165) is 0 Å². The zero-order valence-electron chi connectivity index (χ0n) is 13.3. The molecule has 6 heteroatoms. The highest BCUT2D eigenvalue weighted by molar-refractivity contribution is 5.86. The van der Waals surface area contributed by atoms with Crippen LogP contribution in [0.5, 0.6) is 0 Å². The molecule has 0 aromatic heterocycles. The van der Waals surface area contributed by atoms with Crippen molar-refractivity contribution in [3.8, 4) is 0 Å². The van der Waals surface area contributed by atoms with Crippen molar-refractivity contribution in [2.45, 2.75) is 78.2 Å². The number of amides is 2. The van der Waals surface area contributed by atoms with Crippen LogP contribution in [-0.4, -0.2) is 40.9 Å². The molecule has 0 rings (SSSR count). The summed E-state index contributed by atoms with van der Waals surface area (Å²) in [6.45, 7) is 10.7. The Morgan fingerprint density at radius 1 is 1.20 bits per heavy atom. The van der Waals surface area contributed by atoms with Gasteiger partial charge < -0.3 is 20.5 Å².